The van der Waals surface area contributed by atoms with E-state index in [4.69, 9.17) is 23.2 Å². The number of hydrogen-bond donors (Lipinski definition) is 1. The van der Waals surface area contributed by atoms with Crippen LogP contribution in [0.25, 0.3) is 5.57 Å². The Hall–Kier alpha value is -2.30. The average Bonchev–Trinajstić information content (AvgIpc) is 3.10. The second-order valence-corrected chi connectivity index (χ2v) is 8.12. The van der Waals surface area contributed by atoms with Crippen LogP contribution in [0.5, 0.6) is 0 Å². The van der Waals surface area contributed by atoms with Gasteiger partial charge in [-0.3, -0.25) is 4.79 Å². The number of anilines is 2. The van der Waals surface area contributed by atoms with Gasteiger partial charge in [-0.2, -0.15) is 0 Å². The predicted molar refractivity (Wildman–Crippen MR) is 121 cm³/mol. The van der Waals surface area contributed by atoms with Crippen LogP contribution in [0.15, 0.2) is 49.1 Å². The number of rotatable bonds is 5. The summed E-state index contributed by atoms with van der Waals surface area (Å²) in [6.07, 6.45) is 4.40. The quantitative estimate of drug-likeness (QED) is 0.525. The molecule has 2 aromatic rings. The molecule has 0 aromatic heterocycles. The number of carbonyl (C=O) groups is 1. The van der Waals surface area contributed by atoms with Crippen molar-refractivity contribution in [2.45, 2.75) is 20.3 Å². The minimum atomic E-state index is -0.360. The van der Waals surface area contributed by atoms with Gasteiger partial charge in [-0.15, -0.1) is 0 Å². The summed E-state index contributed by atoms with van der Waals surface area (Å²) in [6, 6.07) is 7.81. The van der Waals surface area contributed by atoms with E-state index in [-0.39, 0.29) is 11.7 Å². The summed E-state index contributed by atoms with van der Waals surface area (Å²) in [5, 5.41) is 3.67. The average molecular weight is 433 g/mol. The highest BCUT2D eigenvalue weighted by molar-refractivity contribution is 6.35. The van der Waals surface area contributed by atoms with Gasteiger partial charge >= 0.3 is 0 Å². The minimum Gasteiger partial charge on any atom is -0.369 e. The second kappa shape index (κ2) is 9.02. The Kier molecular flexibility index (Phi) is 6.66. The molecule has 1 amide bonds. The van der Waals surface area contributed by atoms with E-state index in [1.54, 1.807) is 36.4 Å². The molecule has 2 aromatic carbocycles. The summed E-state index contributed by atoms with van der Waals surface area (Å²) in [4.78, 5) is 15.0. The van der Waals surface area contributed by atoms with Crippen LogP contribution in [0, 0.1) is 11.7 Å². The fraction of sp³-hybridized carbons (Fsp3) is 0.261. The Morgan fingerprint density at radius 1 is 1.24 bits per heavy atom. The van der Waals surface area contributed by atoms with Crippen molar-refractivity contribution in [2.75, 3.05) is 23.3 Å². The molecule has 1 aliphatic heterocycles. The molecular weight excluding hydrogens is 410 g/mol. The fourth-order valence-corrected chi connectivity index (χ4v) is 4.09. The number of nitrogens with zero attached hydrogens (tertiary/aromatic N) is 1. The predicted octanol–water partition coefficient (Wildman–Crippen LogP) is 6.82. The SMILES string of the molecule is C=C/C(=C\C)c1cc(NC(=O)c2cc(Cl)cc(Cl)c2)c(N2CCC(C)C2)cc1F. The van der Waals surface area contributed by atoms with Gasteiger partial charge in [0.2, 0.25) is 0 Å². The molecule has 3 nitrogen and oxygen atoms in total. The zero-order valence-electron chi connectivity index (χ0n) is 16.4. The summed E-state index contributed by atoms with van der Waals surface area (Å²) in [7, 11) is 0. The van der Waals surface area contributed by atoms with E-state index in [1.165, 1.54) is 6.07 Å². The first-order chi connectivity index (χ1) is 13.8. The summed E-state index contributed by atoms with van der Waals surface area (Å²) >= 11 is 12.1. The fourth-order valence-electron chi connectivity index (χ4n) is 3.56. The summed E-state index contributed by atoms with van der Waals surface area (Å²) in [5.74, 6) is -0.204. The molecule has 1 fully saturated rings. The number of benzene rings is 2. The van der Waals surface area contributed by atoms with Crippen molar-refractivity contribution < 1.29 is 9.18 Å². The van der Waals surface area contributed by atoms with E-state index >= 15 is 0 Å². The minimum absolute atomic E-state index is 0.337. The molecule has 29 heavy (non-hydrogen) atoms. The molecule has 3 rings (SSSR count). The monoisotopic (exact) mass is 432 g/mol. The standard InChI is InChI=1S/C23H23Cl2FN2O/c1-4-15(5-2)19-11-21(22(12-20(19)26)28-7-6-14(3)13-28)27-23(29)16-8-17(24)10-18(25)9-16/h4-5,8-12,14H,1,6-7,13H2,2-3H3,(H,27,29)/b15-5+. The van der Waals surface area contributed by atoms with Crippen LogP contribution in [-0.2, 0) is 0 Å². The highest BCUT2D eigenvalue weighted by Crippen LogP contribution is 2.35. The zero-order chi connectivity index (χ0) is 21.1. The topological polar surface area (TPSA) is 32.3 Å². The van der Waals surface area contributed by atoms with Crippen LogP contribution in [-0.4, -0.2) is 19.0 Å². The first-order valence-electron chi connectivity index (χ1n) is 9.47. The maximum absolute atomic E-state index is 14.9. The maximum atomic E-state index is 14.9. The van der Waals surface area contributed by atoms with Crippen molar-refractivity contribution in [3.63, 3.8) is 0 Å². The molecule has 6 heteroatoms. The Morgan fingerprint density at radius 2 is 1.93 bits per heavy atom. The van der Waals surface area contributed by atoms with Gasteiger partial charge in [-0.25, -0.2) is 4.39 Å². The molecule has 1 N–H and O–H groups in total. The number of amides is 1. The highest BCUT2D eigenvalue weighted by atomic mass is 35.5. The van der Waals surface area contributed by atoms with E-state index in [0.717, 1.165) is 19.5 Å². The van der Waals surface area contributed by atoms with Gasteiger partial charge < -0.3 is 10.2 Å². The van der Waals surface area contributed by atoms with Crippen LogP contribution in [0.2, 0.25) is 10.0 Å². The molecule has 1 unspecified atom stereocenters. The molecule has 1 aliphatic rings. The summed E-state index contributed by atoms with van der Waals surface area (Å²) in [5.41, 5.74) is 2.58. The molecule has 152 valence electrons. The third-order valence-corrected chi connectivity index (χ3v) is 5.50. The van der Waals surface area contributed by atoms with Crippen molar-refractivity contribution in [2.24, 2.45) is 5.92 Å². The highest BCUT2D eigenvalue weighted by Gasteiger charge is 2.24. The molecule has 0 spiro atoms. The van der Waals surface area contributed by atoms with E-state index in [2.05, 4.69) is 23.7 Å². The van der Waals surface area contributed by atoms with Crippen LogP contribution in [0.1, 0.15) is 36.2 Å². The van der Waals surface area contributed by atoms with Crippen LogP contribution >= 0.6 is 23.2 Å². The molecule has 0 bridgehead atoms. The van der Waals surface area contributed by atoms with Crippen LogP contribution in [0.3, 0.4) is 0 Å². The lowest BCUT2D eigenvalue weighted by molar-refractivity contribution is 0.102. The Balaban J connectivity index is 2.04. The van der Waals surface area contributed by atoms with Gasteiger partial charge in [0.25, 0.3) is 5.91 Å². The molecule has 1 atom stereocenters. The second-order valence-electron chi connectivity index (χ2n) is 7.25. The summed E-state index contributed by atoms with van der Waals surface area (Å²) < 4.78 is 14.9. The third-order valence-electron chi connectivity index (χ3n) is 5.06. The zero-order valence-corrected chi connectivity index (χ0v) is 17.9. The van der Waals surface area contributed by atoms with Crippen molar-refractivity contribution in [1.29, 1.82) is 0 Å². The van der Waals surface area contributed by atoms with Crippen molar-refractivity contribution in [3.8, 4) is 0 Å². The lowest BCUT2D eigenvalue weighted by Gasteiger charge is -2.23. The Labute approximate surface area is 180 Å². The van der Waals surface area contributed by atoms with Gasteiger partial charge in [-0.05, 0) is 55.2 Å². The number of carbonyl (C=O) groups excluding carboxylic acids is 1. The van der Waals surface area contributed by atoms with Crippen molar-refractivity contribution in [3.05, 3.63) is 76.1 Å². The molecule has 1 heterocycles. The summed E-state index contributed by atoms with van der Waals surface area (Å²) in [6.45, 7) is 9.35. The molecule has 0 saturated carbocycles. The lowest BCUT2D eigenvalue weighted by Crippen LogP contribution is -2.22. The third kappa shape index (κ3) is 4.82. The largest absolute Gasteiger partial charge is 0.369 e. The van der Waals surface area contributed by atoms with E-state index in [0.29, 0.717) is 44.0 Å². The number of hydrogen-bond acceptors (Lipinski definition) is 2. The first kappa shape index (κ1) is 21.4. The van der Waals surface area contributed by atoms with E-state index in [1.807, 2.05) is 6.92 Å². The number of halogens is 3. The van der Waals surface area contributed by atoms with Crippen LogP contribution < -0.4 is 10.2 Å². The lowest BCUT2D eigenvalue weighted by atomic mass is 10.0. The molecule has 0 aliphatic carbocycles. The normalized spacial score (nSPS) is 16.8. The number of nitrogens with one attached hydrogen (secondary N) is 1. The van der Waals surface area contributed by atoms with Gasteiger partial charge in [0, 0.05) is 34.3 Å². The number of allylic oxidation sites excluding steroid dienone is 3. The van der Waals surface area contributed by atoms with E-state index in [9.17, 15) is 9.18 Å². The van der Waals surface area contributed by atoms with Crippen molar-refractivity contribution >= 4 is 46.1 Å². The van der Waals surface area contributed by atoms with E-state index < -0.39 is 0 Å². The van der Waals surface area contributed by atoms with Gasteiger partial charge in [0.1, 0.15) is 5.82 Å². The smallest absolute Gasteiger partial charge is 0.255 e. The Morgan fingerprint density at radius 3 is 2.48 bits per heavy atom. The van der Waals surface area contributed by atoms with Crippen LogP contribution in [0.4, 0.5) is 15.8 Å². The molecule has 0 radical (unpaired) electrons. The maximum Gasteiger partial charge on any atom is 0.255 e. The Bertz CT molecular complexity index is 967. The first-order valence-corrected chi connectivity index (χ1v) is 10.2. The van der Waals surface area contributed by atoms with Gasteiger partial charge in [0.05, 0.1) is 11.4 Å². The molecular formula is C23H23Cl2FN2O. The molecule has 1 saturated heterocycles. The van der Waals surface area contributed by atoms with Crippen molar-refractivity contribution in [1.82, 2.24) is 0 Å². The van der Waals surface area contributed by atoms with Gasteiger partial charge in [0.15, 0.2) is 0 Å². The van der Waals surface area contributed by atoms with Gasteiger partial charge in [-0.1, -0.05) is 48.9 Å².